The number of rotatable bonds is 2. The van der Waals surface area contributed by atoms with Crippen molar-refractivity contribution in [3.05, 3.63) is 99.1 Å². The molecule has 136 valence electrons. The Morgan fingerprint density at radius 3 is 2.07 bits per heavy atom. The monoisotopic (exact) mass is 384 g/mol. The summed E-state index contributed by atoms with van der Waals surface area (Å²) in [4.78, 5) is 12.2. The van der Waals surface area contributed by atoms with E-state index in [4.69, 9.17) is 5.73 Å². The lowest BCUT2D eigenvalue weighted by Crippen LogP contribution is -1.98. The molecule has 0 amide bonds. The highest BCUT2D eigenvalue weighted by Crippen LogP contribution is 2.24. The molecule has 0 aliphatic heterocycles. The molecule has 0 aliphatic rings. The number of thioether (sulfide) groups is 1. The van der Waals surface area contributed by atoms with E-state index in [2.05, 4.69) is 23.7 Å². The maximum atomic E-state index is 11.5. The van der Waals surface area contributed by atoms with E-state index in [0.29, 0.717) is 11.3 Å². The van der Waals surface area contributed by atoms with E-state index in [0.717, 1.165) is 16.0 Å². The summed E-state index contributed by atoms with van der Waals surface area (Å²) in [6, 6.07) is 19.9. The van der Waals surface area contributed by atoms with Crippen molar-refractivity contribution in [2.24, 2.45) is 0 Å². The van der Waals surface area contributed by atoms with Gasteiger partial charge in [-0.3, -0.25) is 10.1 Å². The van der Waals surface area contributed by atoms with Gasteiger partial charge in [-0.05, 0) is 48.7 Å². The highest BCUT2D eigenvalue weighted by molar-refractivity contribution is 7.98. The number of nitro groups is 1. The van der Waals surface area contributed by atoms with Crippen LogP contribution in [0.3, 0.4) is 0 Å². The Morgan fingerprint density at radius 2 is 1.46 bits per heavy atom. The van der Waals surface area contributed by atoms with Crippen molar-refractivity contribution < 1.29 is 4.92 Å². The quantitative estimate of drug-likeness (QED) is 0.229. The van der Waals surface area contributed by atoms with Crippen LogP contribution in [0.5, 0.6) is 0 Å². The third kappa shape index (κ3) is 4.73. The summed E-state index contributed by atoms with van der Waals surface area (Å²) in [5, 5.41) is 11.5. The lowest BCUT2D eigenvalue weighted by Gasteiger charge is -2.02. The summed E-state index contributed by atoms with van der Waals surface area (Å²) in [6.45, 7) is 0. The van der Waals surface area contributed by atoms with Gasteiger partial charge in [0, 0.05) is 27.8 Å². The second-order valence-corrected chi connectivity index (χ2v) is 6.69. The van der Waals surface area contributed by atoms with Crippen LogP contribution in [0.4, 0.5) is 11.4 Å². The average Bonchev–Trinajstić information content (AvgIpc) is 2.72. The molecule has 5 heteroatoms. The highest BCUT2D eigenvalue weighted by Gasteiger charge is 2.15. The molecule has 0 aliphatic carbocycles. The van der Waals surface area contributed by atoms with Crippen LogP contribution < -0.4 is 5.73 Å². The molecule has 28 heavy (non-hydrogen) atoms. The maximum absolute atomic E-state index is 11.5. The molecular formula is C23H16N2O2S. The molecule has 0 unspecified atom stereocenters. The molecule has 0 saturated heterocycles. The van der Waals surface area contributed by atoms with E-state index in [-0.39, 0.29) is 11.3 Å². The van der Waals surface area contributed by atoms with Gasteiger partial charge in [0.15, 0.2) is 0 Å². The van der Waals surface area contributed by atoms with Gasteiger partial charge in [-0.15, -0.1) is 11.8 Å². The van der Waals surface area contributed by atoms with Gasteiger partial charge in [-0.2, -0.15) is 0 Å². The van der Waals surface area contributed by atoms with E-state index >= 15 is 0 Å². The molecule has 4 nitrogen and oxygen atoms in total. The molecule has 0 radical (unpaired) electrons. The first-order chi connectivity index (χ1) is 13.6. The number of benzene rings is 3. The number of nitrogen functional groups attached to an aromatic ring is 1. The normalized spacial score (nSPS) is 9.61. The van der Waals surface area contributed by atoms with Crippen molar-refractivity contribution in [2.75, 3.05) is 12.0 Å². The summed E-state index contributed by atoms with van der Waals surface area (Å²) < 4.78 is 0. The fourth-order valence-electron chi connectivity index (χ4n) is 2.44. The Bertz CT molecular complexity index is 1130. The Balaban J connectivity index is 1.96. The smallest absolute Gasteiger partial charge is 0.286 e. The maximum Gasteiger partial charge on any atom is 0.286 e. The largest absolute Gasteiger partial charge is 0.398 e. The Morgan fingerprint density at radius 1 is 0.857 bits per heavy atom. The predicted molar refractivity (Wildman–Crippen MR) is 114 cm³/mol. The standard InChI is InChI=1S/C23H16N2O2S/c1-28-21-13-9-18(10-14-21)7-11-19-16-23(25(26)27)20(15-22(19)24)12-8-17-5-3-2-4-6-17/h2-6,9-10,13-16H,24H2,1H3. The summed E-state index contributed by atoms with van der Waals surface area (Å²) in [5.41, 5.74) is 8.58. The Labute approximate surface area is 167 Å². The number of nitrogens with zero attached hydrogens (tertiary/aromatic N) is 1. The van der Waals surface area contributed by atoms with Crippen LogP contribution in [0.15, 0.2) is 71.6 Å². The van der Waals surface area contributed by atoms with Gasteiger partial charge in [0.1, 0.15) is 5.56 Å². The third-order valence-corrected chi connectivity index (χ3v) is 4.65. The van der Waals surface area contributed by atoms with Crippen LogP contribution in [-0.4, -0.2) is 11.2 Å². The van der Waals surface area contributed by atoms with Gasteiger partial charge in [0.2, 0.25) is 0 Å². The average molecular weight is 384 g/mol. The molecule has 0 heterocycles. The summed E-state index contributed by atoms with van der Waals surface area (Å²) in [7, 11) is 0. The van der Waals surface area contributed by atoms with Crippen LogP contribution in [0, 0.1) is 33.8 Å². The number of hydrogen-bond acceptors (Lipinski definition) is 4. The van der Waals surface area contributed by atoms with Gasteiger partial charge in [-0.1, -0.05) is 41.9 Å². The van der Waals surface area contributed by atoms with E-state index in [1.54, 1.807) is 11.8 Å². The van der Waals surface area contributed by atoms with Crippen LogP contribution in [0.25, 0.3) is 0 Å². The van der Waals surface area contributed by atoms with Gasteiger partial charge in [-0.25, -0.2) is 0 Å². The first kappa shape index (κ1) is 19.1. The van der Waals surface area contributed by atoms with Crippen molar-refractivity contribution in [3.63, 3.8) is 0 Å². The first-order valence-corrected chi connectivity index (χ1v) is 9.60. The molecule has 0 bridgehead atoms. The van der Waals surface area contributed by atoms with E-state index < -0.39 is 4.92 Å². The number of hydrogen-bond donors (Lipinski definition) is 1. The molecule has 0 spiro atoms. The zero-order valence-corrected chi connectivity index (χ0v) is 15.9. The van der Waals surface area contributed by atoms with Gasteiger partial charge >= 0.3 is 0 Å². The molecule has 2 N–H and O–H groups in total. The zero-order valence-electron chi connectivity index (χ0n) is 15.1. The van der Waals surface area contributed by atoms with Gasteiger partial charge < -0.3 is 5.73 Å². The fourth-order valence-corrected chi connectivity index (χ4v) is 2.85. The van der Waals surface area contributed by atoms with Crippen molar-refractivity contribution in [3.8, 4) is 23.7 Å². The number of nitrogens with two attached hydrogens (primary N) is 1. The molecule has 3 aromatic rings. The number of nitro benzene ring substituents is 1. The second kappa shape index (κ2) is 8.81. The van der Waals surface area contributed by atoms with Crippen molar-refractivity contribution in [2.45, 2.75) is 4.90 Å². The van der Waals surface area contributed by atoms with Crippen LogP contribution in [0.2, 0.25) is 0 Å². The Kier molecular flexibility index (Phi) is 6.01. The van der Waals surface area contributed by atoms with E-state index in [1.165, 1.54) is 12.1 Å². The van der Waals surface area contributed by atoms with Crippen LogP contribution in [-0.2, 0) is 0 Å². The van der Waals surface area contributed by atoms with E-state index in [9.17, 15) is 10.1 Å². The van der Waals surface area contributed by atoms with E-state index in [1.807, 2.05) is 60.9 Å². The highest BCUT2D eigenvalue weighted by atomic mass is 32.2. The van der Waals surface area contributed by atoms with Crippen LogP contribution in [0.1, 0.15) is 22.3 Å². The molecular weight excluding hydrogens is 368 g/mol. The predicted octanol–water partition coefficient (Wildman–Crippen LogP) is 4.70. The second-order valence-electron chi connectivity index (χ2n) is 5.81. The van der Waals surface area contributed by atoms with Gasteiger partial charge in [0.05, 0.1) is 10.5 Å². The minimum Gasteiger partial charge on any atom is -0.398 e. The minimum absolute atomic E-state index is 0.111. The molecule has 0 aromatic heterocycles. The number of anilines is 1. The lowest BCUT2D eigenvalue weighted by atomic mass is 10.1. The third-order valence-electron chi connectivity index (χ3n) is 3.91. The van der Waals surface area contributed by atoms with Gasteiger partial charge in [0.25, 0.3) is 5.69 Å². The lowest BCUT2D eigenvalue weighted by molar-refractivity contribution is -0.385. The zero-order chi connectivity index (χ0) is 19.9. The molecule has 0 atom stereocenters. The molecule has 3 rings (SSSR count). The van der Waals surface area contributed by atoms with Crippen LogP contribution >= 0.6 is 11.8 Å². The molecule has 0 saturated carbocycles. The molecule has 0 fully saturated rings. The minimum atomic E-state index is -0.465. The Hall–Kier alpha value is -3.67. The van der Waals surface area contributed by atoms with Crippen molar-refractivity contribution >= 4 is 23.1 Å². The fraction of sp³-hybridized carbons (Fsp3) is 0.0435. The van der Waals surface area contributed by atoms with Crippen molar-refractivity contribution in [1.29, 1.82) is 0 Å². The first-order valence-electron chi connectivity index (χ1n) is 8.38. The summed E-state index contributed by atoms with van der Waals surface area (Å²) >= 11 is 1.65. The SMILES string of the molecule is CSc1ccc(C#Cc2cc([N+](=O)[O-])c(C#Cc3ccccc3)cc2N)cc1. The topological polar surface area (TPSA) is 69.2 Å². The van der Waals surface area contributed by atoms with Crippen molar-refractivity contribution in [1.82, 2.24) is 0 Å². The summed E-state index contributed by atoms with van der Waals surface area (Å²) in [6.07, 6.45) is 2.00. The summed E-state index contributed by atoms with van der Waals surface area (Å²) in [5.74, 6) is 11.7. The molecule has 3 aromatic carbocycles.